The number of aliphatic hydroxyl groups excluding tert-OH is 1. The van der Waals surface area contributed by atoms with Crippen LogP contribution < -0.4 is 56.5 Å². The van der Waals surface area contributed by atoms with Gasteiger partial charge in [-0.05, 0) is 31.8 Å². The molecule has 0 spiro atoms. The van der Waals surface area contributed by atoms with Crippen LogP contribution >= 0.6 is 0 Å². The van der Waals surface area contributed by atoms with Gasteiger partial charge in [0.25, 0.3) is 0 Å². The molecule has 1 aliphatic carbocycles. The molecule has 3 rings (SSSR count). The van der Waals surface area contributed by atoms with Crippen LogP contribution in [0.5, 0.6) is 0 Å². The molecule has 1 amide bonds. The van der Waals surface area contributed by atoms with E-state index < -0.39 is 18.0 Å². The van der Waals surface area contributed by atoms with Crippen molar-refractivity contribution in [3.63, 3.8) is 0 Å². The van der Waals surface area contributed by atoms with Crippen molar-refractivity contribution >= 4 is 11.9 Å². The Balaban J connectivity index is 0.00000161. The van der Waals surface area contributed by atoms with Gasteiger partial charge < -0.3 is 24.6 Å². The predicted molar refractivity (Wildman–Crippen MR) is 66.0 cm³/mol. The van der Waals surface area contributed by atoms with Crippen molar-refractivity contribution in [1.82, 2.24) is 4.90 Å². The molecule has 1 saturated heterocycles. The minimum absolute atomic E-state index is 0. The van der Waals surface area contributed by atoms with E-state index in [4.69, 9.17) is 4.74 Å². The molecule has 0 aromatic rings. The third-order valence-corrected chi connectivity index (χ3v) is 4.84. The van der Waals surface area contributed by atoms with Crippen molar-refractivity contribution in [2.45, 2.75) is 44.4 Å². The minimum Gasteiger partial charge on any atom is -0.543 e. The number of β-lactam (4-membered cyclic amide) rings is 1. The Bertz CT molecular complexity index is 504. The normalized spacial score (nSPS) is 35.6. The first-order chi connectivity index (χ1) is 9.49. The van der Waals surface area contributed by atoms with E-state index in [0.717, 1.165) is 19.3 Å². The van der Waals surface area contributed by atoms with Crippen molar-refractivity contribution in [3.8, 4) is 0 Å². The monoisotopic (exact) mass is 319 g/mol. The van der Waals surface area contributed by atoms with Crippen molar-refractivity contribution in [3.05, 3.63) is 11.3 Å². The third-order valence-electron chi connectivity index (χ3n) is 4.84. The summed E-state index contributed by atoms with van der Waals surface area (Å²) in [5, 5.41) is 21.2. The summed E-state index contributed by atoms with van der Waals surface area (Å²) < 4.78 is 5.39. The molecule has 6 nitrogen and oxygen atoms in total. The maximum Gasteiger partial charge on any atom is 1.00 e. The van der Waals surface area contributed by atoms with E-state index >= 15 is 0 Å². The van der Waals surface area contributed by atoms with Gasteiger partial charge in [0.1, 0.15) is 0 Å². The van der Waals surface area contributed by atoms with Crippen LogP contribution in [0.15, 0.2) is 11.3 Å². The fraction of sp³-hybridized carbons (Fsp3) is 0.714. The molecular weight excluding hydrogens is 301 g/mol. The molecule has 21 heavy (non-hydrogen) atoms. The number of fused-ring (bicyclic) bond motifs is 3. The number of methoxy groups -OCH3 is 1. The second-order valence-corrected chi connectivity index (χ2v) is 5.82. The standard InChI is InChI=1S/C14H19NO5.K/c1-6(16)9-11-7-4-3-5-8(20-2)10(7)12(14(18)19)15(11)13(9)17;/h6-9,11,16H,3-5H2,1-2H3,(H,18,19);/q;+1/p-1/t6-,7-,8+,9-,11?;/m1./s1. The zero-order valence-electron chi connectivity index (χ0n) is 12.5. The Morgan fingerprint density at radius 3 is 2.67 bits per heavy atom. The van der Waals surface area contributed by atoms with Crippen LogP contribution in [0.25, 0.3) is 0 Å². The molecule has 2 fully saturated rings. The number of amides is 1. The van der Waals surface area contributed by atoms with Crippen LogP contribution in [0, 0.1) is 11.8 Å². The summed E-state index contributed by atoms with van der Waals surface area (Å²) in [7, 11) is 1.55. The minimum atomic E-state index is -1.33. The van der Waals surface area contributed by atoms with Crippen LogP contribution in [-0.4, -0.2) is 47.2 Å². The number of carboxylic acid groups (broad SMARTS) is 1. The van der Waals surface area contributed by atoms with Crippen molar-refractivity contribution < 1.29 is 75.9 Å². The number of nitrogens with zero attached hydrogens (tertiary/aromatic N) is 1. The first-order valence-electron chi connectivity index (χ1n) is 6.98. The number of carbonyl (C=O) groups excluding carboxylic acids is 2. The van der Waals surface area contributed by atoms with Gasteiger partial charge in [-0.1, -0.05) is 0 Å². The van der Waals surface area contributed by atoms with Crippen LogP contribution in [0.3, 0.4) is 0 Å². The number of aliphatic hydroxyl groups is 1. The van der Waals surface area contributed by atoms with Gasteiger partial charge in [0.05, 0.1) is 35.8 Å². The fourth-order valence-electron chi connectivity index (χ4n) is 4.07. The van der Waals surface area contributed by atoms with Gasteiger partial charge >= 0.3 is 51.4 Å². The molecule has 2 aliphatic heterocycles. The second-order valence-electron chi connectivity index (χ2n) is 5.82. The molecular formula is C14H18KNO5. The quantitative estimate of drug-likeness (QED) is 0.423. The molecule has 1 N–H and O–H groups in total. The van der Waals surface area contributed by atoms with E-state index in [2.05, 4.69) is 0 Å². The third kappa shape index (κ3) is 2.47. The van der Waals surface area contributed by atoms with Gasteiger partial charge in [0, 0.05) is 13.0 Å². The maximum absolute atomic E-state index is 12.1. The van der Waals surface area contributed by atoms with Crippen molar-refractivity contribution in [1.29, 1.82) is 0 Å². The van der Waals surface area contributed by atoms with E-state index in [1.165, 1.54) is 4.90 Å². The number of carbonyl (C=O) groups is 2. The number of hydrogen-bond acceptors (Lipinski definition) is 5. The summed E-state index contributed by atoms with van der Waals surface area (Å²) in [5.41, 5.74) is 0.661. The number of carboxylic acids is 1. The maximum atomic E-state index is 12.1. The second kappa shape index (κ2) is 6.39. The number of ether oxygens (including phenoxy) is 1. The van der Waals surface area contributed by atoms with Gasteiger partial charge in [0.2, 0.25) is 5.91 Å². The summed E-state index contributed by atoms with van der Waals surface area (Å²) in [6.45, 7) is 1.58. The molecule has 110 valence electrons. The molecule has 0 radical (unpaired) electrons. The summed E-state index contributed by atoms with van der Waals surface area (Å²) >= 11 is 0. The Kier molecular flexibility index (Phi) is 5.35. The SMILES string of the molecule is CO[C@H]1CCC[C@@H]2C1=C(C(=O)[O-])N1C(=O)[C@H]([C@@H](C)O)C21.[K+]. The largest absolute Gasteiger partial charge is 1.00 e. The van der Waals surface area contributed by atoms with E-state index in [-0.39, 0.29) is 81.1 Å². The summed E-state index contributed by atoms with van der Waals surface area (Å²) in [4.78, 5) is 24.9. The summed E-state index contributed by atoms with van der Waals surface area (Å²) in [6, 6.07) is -0.247. The smallest absolute Gasteiger partial charge is 0.543 e. The number of aliphatic carboxylic acids is 1. The molecule has 7 heteroatoms. The number of rotatable bonds is 3. The van der Waals surface area contributed by atoms with E-state index in [9.17, 15) is 19.8 Å². The van der Waals surface area contributed by atoms with Gasteiger partial charge in [-0.15, -0.1) is 0 Å². The molecule has 1 saturated carbocycles. The Hall–Kier alpha value is 0.236. The Morgan fingerprint density at radius 2 is 2.14 bits per heavy atom. The summed E-state index contributed by atoms with van der Waals surface area (Å²) in [5.74, 6) is -2.18. The predicted octanol–water partition coefficient (Wildman–Crippen LogP) is -3.97. The molecule has 5 atom stereocenters. The summed E-state index contributed by atoms with van der Waals surface area (Å²) in [6.07, 6.45) is 1.47. The van der Waals surface area contributed by atoms with Gasteiger partial charge in [-0.2, -0.15) is 0 Å². The molecule has 0 bridgehead atoms. The average Bonchev–Trinajstić information content (AvgIpc) is 2.69. The molecule has 0 aromatic heterocycles. The molecule has 1 unspecified atom stereocenters. The van der Waals surface area contributed by atoms with Crippen molar-refractivity contribution in [2.24, 2.45) is 11.8 Å². The first-order valence-corrected chi connectivity index (χ1v) is 6.98. The van der Waals surface area contributed by atoms with Crippen molar-refractivity contribution in [2.75, 3.05) is 7.11 Å². The zero-order valence-corrected chi connectivity index (χ0v) is 15.7. The zero-order chi connectivity index (χ0) is 14.6. The van der Waals surface area contributed by atoms with E-state index in [0.29, 0.717) is 5.57 Å². The van der Waals surface area contributed by atoms with Gasteiger partial charge in [-0.3, -0.25) is 4.79 Å². The van der Waals surface area contributed by atoms with Gasteiger partial charge in [0.15, 0.2) is 0 Å². The fourth-order valence-corrected chi connectivity index (χ4v) is 4.07. The van der Waals surface area contributed by atoms with Crippen LogP contribution in [0.4, 0.5) is 0 Å². The molecule has 0 aromatic carbocycles. The Labute approximate surface area is 165 Å². The van der Waals surface area contributed by atoms with Gasteiger partial charge in [-0.25, -0.2) is 0 Å². The van der Waals surface area contributed by atoms with E-state index in [1.54, 1.807) is 14.0 Å². The average molecular weight is 319 g/mol. The molecule has 2 heterocycles. The van der Waals surface area contributed by atoms with Crippen LogP contribution in [0.2, 0.25) is 0 Å². The van der Waals surface area contributed by atoms with E-state index in [1.807, 2.05) is 0 Å². The van der Waals surface area contributed by atoms with Crippen LogP contribution in [0.1, 0.15) is 26.2 Å². The molecule has 3 aliphatic rings. The first kappa shape index (κ1) is 17.6. The number of hydrogen-bond donors (Lipinski definition) is 1. The topological polar surface area (TPSA) is 89.9 Å². The van der Waals surface area contributed by atoms with Crippen LogP contribution in [-0.2, 0) is 14.3 Å². The Morgan fingerprint density at radius 1 is 1.48 bits per heavy atom.